The predicted molar refractivity (Wildman–Crippen MR) is 162 cm³/mol. The Balaban J connectivity index is 1.66. The number of ether oxygens (including phenoxy) is 1. The van der Waals surface area contributed by atoms with E-state index in [-0.39, 0.29) is 31.0 Å². The van der Waals surface area contributed by atoms with Gasteiger partial charge in [-0.1, -0.05) is 90.5 Å². The summed E-state index contributed by atoms with van der Waals surface area (Å²) in [5.74, 6) is 0.00108. The van der Waals surface area contributed by atoms with Gasteiger partial charge in [-0.25, -0.2) is 0 Å². The van der Waals surface area contributed by atoms with E-state index in [0.717, 1.165) is 42.4 Å². The van der Waals surface area contributed by atoms with Crippen LogP contribution in [-0.2, 0) is 22.6 Å². The number of halogens is 3. The number of hydrogen-bond acceptors (Lipinski definition) is 3. The summed E-state index contributed by atoms with van der Waals surface area (Å²) < 4.78 is 5.95. The molecule has 2 amide bonds. The molecule has 3 aromatic carbocycles. The van der Waals surface area contributed by atoms with Gasteiger partial charge in [-0.15, -0.1) is 0 Å². The van der Waals surface area contributed by atoms with Gasteiger partial charge in [-0.05, 0) is 67.6 Å². The Kier molecular flexibility index (Phi) is 10.8. The topological polar surface area (TPSA) is 58.6 Å². The van der Waals surface area contributed by atoms with Crippen LogP contribution in [0.1, 0.15) is 54.4 Å². The van der Waals surface area contributed by atoms with E-state index in [1.165, 1.54) is 6.42 Å². The molecule has 3 aromatic rings. The monoisotopic (exact) mass is 600 g/mol. The van der Waals surface area contributed by atoms with Crippen LogP contribution in [-0.4, -0.2) is 35.4 Å². The molecule has 1 aliphatic rings. The van der Waals surface area contributed by atoms with Gasteiger partial charge in [0.2, 0.25) is 5.91 Å². The maximum atomic E-state index is 13.9. The molecule has 40 heavy (non-hydrogen) atoms. The molecule has 0 radical (unpaired) electrons. The van der Waals surface area contributed by atoms with Crippen LogP contribution in [0.3, 0.4) is 0 Å². The van der Waals surface area contributed by atoms with Crippen molar-refractivity contribution in [2.45, 2.75) is 71.0 Å². The predicted octanol–water partition coefficient (Wildman–Crippen LogP) is 7.73. The van der Waals surface area contributed by atoms with Gasteiger partial charge >= 0.3 is 0 Å². The molecule has 0 heterocycles. The second kappa shape index (κ2) is 14.2. The fourth-order valence-corrected chi connectivity index (χ4v) is 5.80. The first-order chi connectivity index (χ1) is 19.2. The molecule has 0 unspecified atom stereocenters. The number of amides is 2. The van der Waals surface area contributed by atoms with Crippen LogP contribution in [0.2, 0.25) is 15.1 Å². The summed E-state index contributed by atoms with van der Waals surface area (Å²) in [6.45, 7) is 3.59. The molecule has 1 fully saturated rings. The number of hydrogen-bond donors (Lipinski definition) is 1. The smallest absolute Gasteiger partial charge is 0.261 e. The van der Waals surface area contributed by atoms with Gasteiger partial charge in [0.25, 0.3) is 5.91 Å². The number of carbonyl (C=O) groups excluding carboxylic acids is 2. The summed E-state index contributed by atoms with van der Waals surface area (Å²) in [6, 6.07) is 17.8. The Bertz CT molecular complexity index is 1280. The summed E-state index contributed by atoms with van der Waals surface area (Å²) in [5, 5.41) is 4.76. The zero-order chi connectivity index (χ0) is 28.6. The van der Waals surface area contributed by atoms with Gasteiger partial charge < -0.3 is 15.0 Å². The molecule has 1 N–H and O–H groups in total. The fraction of sp³-hybridized carbons (Fsp3) is 0.375. The maximum Gasteiger partial charge on any atom is 0.261 e. The zero-order valence-electron chi connectivity index (χ0n) is 22.9. The highest BCUT2D eigenvalue weighted by molar-refractivity contribution is 6.36. The highest BCUT2D eigenvalue weighted by atomic mass is 35.5. The lowest BCUT2D eigenvalue weighted by atomic mass is 9.94. The molecule has 0 aliphatic heterocycles. The van der Waals surface area contributed by atoms with Crippen molar-refractivity contribution in [1.29, 1.82) is 0 Å². The molecule has 4 rings (SSSR count). The number of benzene rings is 3. The third-order valence-corrected chi connectivity index (χ3v) is 8.69. The lowest BCUT2D eigenvalue weighted by Crippen LogP contribution is -2.53. The van der Waals surface area contributed by atoms with Gasteiger partial charge in [0, 0.05) is 39.6 Å². The molecule has 0 bridgehead atoms. The summed E-state index contributed by atoms with van der Waals surface area (Å²) >= 11 is 19.4. The van der Waals surface area contributed by atoms with Gasteiger partial charge in [-0.2, -0.15) is 0 Å². The number of nitrogens with zero attached hydrogens (tertiary/aromatic N) is 1. The molecule has 1 aliphatic carbocycles. The maximum absolute atomic E-state index is 13.9. The quantitative estimate of drug-likeness (QED) is 0.259. The molecule has 1 saturated carbocycles. The largest absolute Gasteiger partial charge is 0.484 e. The molecule has 212 valence electrons. The molecular weight excluding hydrogens is 567 g/mol. The highest BCUT2D eigenvalue weighted by Gasteiger charge is 2.33. The Labute approximate surface area is 251 Å². The van der Waals surface area contributed by atoms with Crippen molar-refractivity contribution in [1.82, 2.24) is 10.2 Å². The van der Waals surface area contributed by atoms with E-state index < -0.39 is 6.04 Å². The van der Waals surface area contributed by atoms with E-state index in [9.17, 15) is 9.59 Å². The first-order valence-corrected chi connectivity index (χ1v) is 14.8. The van der Waals surface area contributed by atoms with Gasteiger partial charge in [0.15, 0.2) is 6.61 Å². The van der Waals surface area contributed by atoms with Gasteiger partial charge in [-0.3, -0.25) is 9.59 Å². The SMILES string of the molecule is Cc1cc(OCC(=O)N(Cc2c(Cl)cccc2Cl)[C@H](Cc2ccccc2)C(=O)NC2CCCCC2)cc(C)c1Cl. The van der Waals surface area contributed by atoms with E-state index >= 15 is 0 Å². The highest BCUT2D eigenvalue weighted by Crippen LogP contribution is 2.29. The zero-order valence-corrected chi connectivity index (χ0v) is 25.2. The van der Waals surface area contributed by atoms with Crippen molar-refractivity contribution < 1.29 is 14.3 Å². The summed E-state index contributed by atoms with van der Waals surface area (Å²) in [4.78, 5) is 29.4. The summed E-state index contributed by atoms with van der Waals surface area (Å²) in [5.41, 5.74) is 3.25. The second-order valence-electron chi connectivity index (χ2n) is 10.4. The number of carbonyl (C=O) groups is 2. The fourth-order valence-electron chi connectivity index (χ4n) is 5.17. The minimum absolute atomic E-state index is 0.0644. The molecule has 0 saturated heterocycles. The average molecular weight is 602 g/mol. The van der Waals surface area contributed by atoms with Crippen LogP contribution in [0.15, 0.2) is 60.7 Å². The van der Waals surface area contributed by atoms with E-state index in [0.29, 0.717) is 32.8 Å². The van der Waals surface area contributed by atoms with Crippen molar-refractivity contribution in [3.8, 4) is 5.75 Å². The first kappa shape index (κ1) is 30.2. The van der Waals surface area contributed by atoms with Crippen LogP contribution >= 0.6 is 34.8 Å². The third kappa shape index (κ3) is 7.93. The third-order valence-electron chi connectivity index (χ3n) is 7.39. The van der Waals surface area contributed by atoms with Crippen LogP contribution < -0.4 is 10.1 Å². The van der Waals surface area contributed by atoms with Gasteiger partial charge in [0.05, 0.1) is 0 Å². The van der Waals surface area contributed by atoms with Crippen molar-refractivity contribution >= 4 is 46.6 Å². The molecule has 5 nitrogen and oxygen atoms in total. The van der Waals surface area contributed by atoms with Crippen molar-refractivity contribution in [2.24, 2.45) is 0 Å². The second-order valence-corrected chi connectivity index (χ2v) is 11.6. The number of aryl methyl sites for hydroxylation is 2. The van der Waals surface area contributed by atoms with E-state index in [1.807, 2.05) is 44.2 Å². The summed E-state index contributed by atoms with van der Waals surface area (Å²) in [6.07, 6.45) is 5.56. The van der Waals surface area contributed by atoms with Crippen LogP contribution in [0.25, 0.3) is 0 Å². The first-order valence-electron chi connectivity index (χ1n) is 13.7. The van der Waals surface area contributed by atoms with Crippen molar-refractivity contribution in [3.63, 3.8) is 0 Å². The Morgan fingerprint density at radius 2 is 1.55 bits per heavy atom. The minimum atomic E-state index is -0.790. The van der Waals surface area contributed by atoms with Crippen molar-refractivity contribution in [2.75, 3.05) is 6.61 Å². The van der Waals surface area contributed by atoms with Crippen LogP contribution in [0, 0.1) is 13.8 Å². The standard InChI is InChI=1S/C32H35Cl3N2O3/c1-21-16-25(17-22(2)31(21)35)40-20-30(38)37(19-26-27(33)14-9-15-28(26)34)29(18-23-10-5-3-6-11-23)32(39)36-24-12-7-4-8-13-24/h3,5-6,9-11,14-17,24,29H,4,7-8,12-13,18-20H2,1-2H3,(H,36,39)/t29-/m1/s1. The molecule has 0 aromatic heterocycles. The van der Waals surface area contributed by atoms with Gasteiger partial charge in [0.1, 0.15) is 11.8 Å². The Hall–Kier alpha value is -2.73. The van der Waals surface area contributed by atoms with E-state index in [4.69, 9.17) is 39.5 Å². The molecular formula is C32H35Cl3N2O3. The van der Waals surface area contributed by atoms with Crippen molar-refractivity contribution in [3.05, 3.63) is 98.0 Å². The molecule has 1 atom stereocenters. The van der Waals surface area contributed by atoms with E-state index in [2.05, 4.69) is 5.32 Å². The lowest BCUT2D eigenvalue weighted by Gasteiger charge is -2.33. The Morgan fingerprint density at radius 3 is 2.17 bits per heavy atom. The van der Waals surface area contributed by atoms with Crippen LogP contribution in [0.5, 0.6) is 5.75 Å². The summed E-state index contributed by atoms with van der Waals surface area (Å²) in [7, 11) is 0. The van der Waals surface area contributed by atoms with E-state index in [1.54, 1.807) is 35.2 Å². The number of rotatable bonds is 10. The molecule has 0 spiro atoms. The molecule has 8 heteroatoms. The van der Waals surface area contributed by atoms with Crippen LogP contribution in [0.4, 0.5) is 0 Å². The minimum Gasteiger partial charge on any atom is -0.484 e. The number of nitrogens with one attached hydrogen (secondary N) is 1. The Morgan fingerprint density at radius 1 is 0.925 bits per heavy atom. The lowest BCUT2D eigenvalue weighted by molar-refractivity contribution is -0.143. The average Bonchev–Trinajstić information content (AvgIpc) is 2.94. The normalized spacial score (nSPS) is 14.4.